The Morgan fingerprint density at radius 1 is 1.20 bits per heavy atom. The fraction of sp³-hybridized carbons (Fsp3) is 0.350. The molecule has 0 fully saturated rings. The molecule has 0 aliphatic rings. The van der Waals surface area contributed by atoms with Gasteiger partial charge in [0.2, 0.25) is 0 Å². The van der Waals surface area contributed by atoms with Gasteiger partial charge in [-0.3, -0.25) is 10.0 Å². The van der Waals surface area contributed by atoms with Crippen molar-refractivity contribution in [1.82, 2.24) is 0 Å². The van der Waals surface area contributed by atoms with Crippen LogP contribution in [-0.2, 0) is 6.61 Å². The van der Waals surface area contributed by atoms with Gasteiger partial charge in [0.25, 0.3) is 0 Å². The molecule has 0 saturated heterocycles. The Kier molecular flexibility index (Phi) is 6.51. The predicted molar refractivity (Wildman–Crippen MR) is 104 cm³/mol. The average Bonchev–Trinajstić information content (AvgIpc) is 2.59. The van der Waals surface area contributed by atoms with E-state index < -0.39 is 5.24 Å². The Hall–Kier alpha value is -1.98. The van der Waals surface area contributed by atoms with Crippen LogP contribution in [0, 0.1) is 13.8 Å². The third-order valence-corrected chi connectivity index (χ3v) is 4.58. The molecule has 0 aliphatic heterocycles. The van der Waals surface area contributed by atoms with Crippen molar-refractivity contribution in [3.05, 3.63) is 58.7 Å². The van der Waals surface area contributed by atoms with Crippen molar-refractivity contribution in [3.8, 4) is 5.75 Å². The minimum Gasteiger partial charge on any atom is -0.489 e. The molecule has 0 atom stereocenters. The first-order valence-corrected chi connectivity index (χ1v) is 9.45. The summed E-state index contributed by atoms with van der Waals surface area (Å²) >= 11 is 0.962. The van der Waals surface area contributed by atoms with Gasteiger partial charge in [-0.15, -0.1) is 0 Å². The van der Waals surface area contributed by atoms with Gasteiger partial charge in [-0.05, 0) is 55.3 Å². The molecule has 0 unspecified atom stereocenters. The molecule has 25 heavy (non-hydrogen) atoms. The lowest BCUT2D eigenvalue weighted by Gasteiger charge is -2.20. The number of rotatable bonds is 5. The zero-order valence-corrected chi connectivity index (χ0v) is 16.2. The standard InChI is InChI=1S/C20H25NO3S/c1-13(2)16-7-8-18(21(23)20(22)25-5)17(11-16)12-24-19-9-6-14(3)10-15(19)4/h6-11,13,23H,12H2,1-5H3. The van der Waals surface area contributed by atoms with Crippen LogP contribution in [-0.4, -0.2) is 16.7 Å². The van der Waals surface area contributed by atoms with E-state index in [1.54, 1.807) is 12.3 Å². The molecular formula is C20H25NO3S. The number of benzene rings is 2. The Morgan fingerprint density at radius 3 is 2.52 bits per heavy atom. The molecular weight excluding hydrogens is 334 g/mol. The van der Waals surface area contributed by atoms with Crippen LogP contribution < -0.4 is 9.80 Å². The summed E-state index contributed by atoms with van der Waals surface area (Å²) in [7, 11) is 0. The average molecular weight is 359 g/mol. The number of nitrogens with zero attached hydrogens (tertiary/aromatic N) is 1. The van der Waals surface area contributed by atoms with Gasteiger partial charge in [0.05, 0.1) is 5.69 Å². The van der Waals surface area contributed by atoms with E-state index >= 15 is 0 Å². The van der Waals surface area contributed by atoms with E-state index in [-0.39, 0.29) is 6.61 Å². The van der Waals surface area contributed by atoms with Crippen molar-refractivity contribution in [2.24, 2.45) is 0 Å². The summed E-state index contributed by atoms with van der Waals surface area (Å²) in [4.78, 5) is 11.8. The molecule has 5 heteroatoms. The summed E-state index contributed by atoms with van der Waals surface area (Å²) < 4.78 is 5.96. The van der Waals surface area contributed by atoms with Crippen molar-refractivity contribution in [1.29, 1.82) is 0 Å². The van der Waals surface area contributed by atoms with Crippen LogP contribution in [0.15, 0.2) is 36.4 Å². The molecule has 2 rings (SSSR count). The molecule has 0 radical (unpaired) electrons. The fourth-order valence-electron chi connectivity index (χ4n) is 2.59. The number of aryl methyl sites for hydroxylation is 2. The van der Waals surface area contributed by atoms with E-state index in [1.165, 1.54) is 5.56 Å². The molecule has 1 N–H and O–H groups in total. The largest absolute Gasteiger partial charge is 0.489 e. The molecule has 134 valence electrons. The third kappa shape index (κ3) is 4.77. The molecule has 0 aliphatic carbocycles. The second-order valence-electron chi connectivity index (χ2n) is 6.38. The van der Waals surface area contributed by atoms with Gasteiger partial charge in [-0.25, -0.2) is 0 Å². The van der Waals surface area contributed by atoms with Crippen LogP contribution in [0.25, 0.3) is 0 Å². The molecule has 0 spiro atoms. The Bertz CT molecular complexity index is 759. The highest BCUT2D eigenvalue weighted by atomic mass is 32.2. The summed E-state index contributed by atoms with van der Waals surface area (Å²) in [6, 6.07) is 11.7. The minimum absolute atomic E-state index is 0.276. The zero-order valence-electron chi connectivity index (χ0n) is 15.4. The zero-order chi connectivity index (χ0) is 18.6. The van der Waals surface area contributed by atoms with Crippen molar-refractivity contribution < 1.29 is 14.7 Å². The number of hydrogen-bond donors (Lipinski definition) is 1. The summed E-state index contributed by atoms with van der Waals surface area (Å²) in [5, 5.41) is 10.5. The van der Waals surface area contributed by atoms with Crippen molar-refractivity contribution in [2.45, 2.75) is 40.2 Å². The van der Waals surface area contributed by atoms with Gasteiger partial charge in [0.1, 0.15) is 12.4 Å². The highest BCUT2D eigenvalue weighted by Gasteiger charge is 2.17. The Balaban J connectivity index is 2.32. The molecule has 0 aromatic heterocycles. The van der Waals surface area contributed by atoms with Gasteiger partial charge in [0.15, 0.2) is 0 Å². The topological polar surface area (TPSA) is 49.8 Å². The molecule has 0 saturated carbocycles. The van der Waals surface area contributed by atoms with E-state index in [2.05, 4.69) is 19.9 Å². The first kappa shape index (κ1) is 19.3. The molecule has 0 bridgehead atoms. The molecule has 2 aromatic carbocycles. The number of hydrogen-bond acceptors (Lipinski definition) is 4. The number of ether oxygens (including phenoxy) is 1. The quantitative estimate of drug-likeness (QED) is 0.551. The van der Waals surface area contributed by atoms with Crippen molar-refractivity contribution in [3.63, 3.8) is 0 Å². The normalized spacial score (nSPS) is 10.8. The van der Waals surface area contributed by atoms with Gasteiger partial charge in [-0.1, -0.05) is 49.4 Å². The third-order valence-electron chi connectivity index (χ3n) is 4.06. The predicted octanol–water partition coefficient (Wildman–Crippen LogP) is 5.68. The lowest BCUT2D eigenvalue weighted by Crippen LogP contribution is -2.24. The van der Waals surface area contributed by atoms with E-state index in [4.69, 9.17) is 4.74 Å². The van der Waals surface area contributed by atoms with Crippen LogP contribution in [0.1, 0.15) is 42.0 Å². The number of anilines is 1. The maximum Gasteiger partial charge on any atom is 0.309 e. The number of thioether (sulfide) groups is 1. The van der Waals surface area contributed by atoms with Gasteiger partial charge >= 0.3 is 5.24 Å². The summed E-state index contributed by atoms with van der Waals surface area (Å²) in [6.07, 6.45) is 1.64. The number of carbonyl (C=O) groups is 1. The lowest BCUT2D eigenvalue weighted by molar-refractivity contribution is 0.223. The fourth-order valence-corrected chi connectivity index (χ4v) is 2.86. The monoisotopic (exact) mass is 359 g/mol. The van der Waals surface area contributed by atoms with Crippen LogP contribution in [0.2, 0.25) is 0 Å². The summed E-state index contributed by atoms with van der Waals surface area (Å²) in [5.74, 6) is 1.14. The van der Waals surface area contributed by atoms with Crippen LogP contribution in [0.4, 0.5) is 10.5 Å². The second kappa shape index (κ2) is 8.41. The SMILES string of the molecule is CSC(=O)N(O)c1ccc(C(C)C)cc1COc1ccc(C)cc1C. The molecule has 4 nitrogen and oxygen atoms in total. The van der Waals surface area contributed by atoms with E-state index in [0.29, 0.717) is 16.7 Å². The van der Waals surface area contributed by atoms with E-state index in [0.717, 1.165) is 34.2 Å². The van der Waals surface area contributed by atoms with Crippen LogP contribution in [0.5, 0.6) is 5.75 Å². The molecule has 0 heterocycles. The first-order chi connectivity index (χ1) is 11.8. The maximum atomic E-state index is 11.8. The summed E-state index contributed by atoms with van der Waals surface area (Å²) in [6.45, 7) is 8.53. The van der Waals surface area contributed by atoms with Gasteiger partial charge in [-0.2, -0.15) is 5.06 Å². The second-order valence-corrected chi connectivity index (χ2v) is 7.14. The highest BCUT2D eigenvalue weighted by molar-refractivity contribution is 8.13. The molecule has 2 aromatic rings. The molecule has 1 amide bonds. The number of carbonyl (C=O) groups excluding carboxylic acids is 1. The minimum atomic E-state index is -0.426. The number of hydroxylamine groups is 1. The van der Waals surface area contributed by atoms with E-state index in [1.807, 2.05) is 38.1 Å². The smallest absolute Gasteiger partial charge is 0.309 e. The summed E-state index contributed by atoms with van der Waals surface area (Å²) in [5.41, 5.74) is 4.60. The van der Waals surface area contributed by atoms with Crippen LogP contribution in [0.3, 0.4) is 0 Å². The van der Waals surface area contributed by atoms with Gasteiger partial charge < -0.3 is 4.74 Å². The van der Waals surface area contributed by atoms with Crippen molar-refractivity contribution >= 4 is 22.7 Å². The van der Waals surface area contributed by atoms with E-state index in [9.17, 15) is 10.0 Å². The first-order valence-electron chi connectivity index (χ1n) is 8.23. The van der Waals surface area contributed by atoms with Gasteiger partial charge in [0, 0.05) is 5.56 Å². The number of amides is 1. The Morgan fingerprint density at radius 2 is 1.92 bits per heavy atom. The van der Waals surface area contributed by atoms with Crippen molar-refractivity contribution in [2.75, 3.05) is 11.3 Å². The highest BCUT2D eigenvalue weighted by Crippen LogP contribution is 2.28. The maximum absolute atomic E-state index is 11.8. The van der Waals surface area contributed by atoms with Crippen LogP contribution >= 0.6 is 11.8 Å². The Labute approximate surface area is 153 Å². The lowest BCUT2D eigenvalue weighted by atomic mass is 10.00.